The zero-order valence-electron chi connectivity index (χ0n) is 12.0. The van der Waals surface area contributed by atoms with Gasteiger partial charge >= 0.3 is 0 Å². The van der Waals surface area contributed by atoms with Crippen LogP contribution in [0.2, 0.25) is 10.0 Å². The van der Waals surface area contributed by atoms with Crippen molar-refractivity contribution in [3.8, 4) is 0 Å². The van der Waals surface area contributed by atoms with Crippen LogP contribution in [0.3, 0.4) is 0 Å². The largest absolute Gasteiger partial charge is 0.273 e. The van der Waals surface area contributed by atoms with Gasteiger partial charge in [0.1, 0.15) is 0 Å². The number of amides is 2. The molecular weight excluding hydrogens is 355 g/mol. The number of halogens is 2. The third kappa shape index (κ3) is 6.14. The van der Waals surface area contributed by atoms with Crippen molar-refractivity contribution in [1.82, 2.24) is 10.9 Å². The summed E-state index contributed by atoms with van der Waals surface area (Å²) in [7, 11) is 0. The van der Waals surface area contributed by atoms with Gasteiger partial charge in [0.25, 0.3) is 5.91 Å². The number of hydrogen-bond donors (Lipinski definition) is 2. The second-order valence-electron chi connectivity index (χ2n) is 4.56. The van der Waals surface area contributed by atoms with E-state index < -0.39 is 0 Å². The summed E-state index contributed by atoms with van der Waals surface area (Å²) in [5.74, 6) is -0.0428. The van der Waals surface area contributed by atoms with Gasteiger partial charge in [-0.25, -0.2) is 0 Å². The van der Waals surface area contributed by atoms with Crippen molar-refractivity contribution in [2.75, 3.05) is 5.75 Å². The predicted molar refractivity (Wildman–Crippen MR) is 93.9 cm³/mol. The van der Waals surface area contributed by atoms with Gasteiger partial charge in [0, 0.05) is 32.7 Å². The van der Waals surface area contributed by atoms with Crippen LogP contribution in [0.4, 0.5) is 0 Å². The fourth-order valence-corrected chi connectivity index (χ4v) is 2.76. The number of nitrogens with one attached hydrogen (secondary N) is 2. The highest BCUT2D eigenvalue weighted by atomic mass is 35.5. The van der Waals surface area contributed by atoms with E-state index in [1.54, 1.807) is 48.2 Å². The number of benzene rings is 2. The number of thioether (sulfide) groups is 1. The Kier molecular flexibility index (Phi) is 6.77. The lowest BCUT2D eigenvalue weighted by molar-refractivity contribution is -0.121. The first-order valence-corrected chi connectivity index (χ1v) is 8.52. The van der Waals surface area contributed by atoms with Gasteiger partial charge in [-0.3, -0.25) is 20.4 Å². The van der Waals surface area contributed by atoms with Crippen molar-refractivity contribution in [3.05, 3.63) is 64.1 Å². The van der Waals surface area contributed by atoms with Crippen LogP contribution >= 0.6 is 35.0 Å². The van der Waals surface area contributed by atoms with Crippen molar-refractivity contribution in [1.29, 1.82) is 0 Å². The molecule has 0 unspecified atom stereocenters. The minimum atomic E-state index is -0.389. The first-order chi connectivity index (χ1) is 11.0. The third-order valence-electron chi connectivity index (χ3n) is 2.83. The highest BCUT2D eigenvalue weighted by Gasteiger charge is 2.07. The summed E-state index contributed by atoms with van der Waals surface area (Å²) in [6.07, 6.45) is 0.286. The van der Waals surface area contributed by atoms with Crippen LogP contribution in [0.25, 0.3) is 0 Å². The maximum atomic E-state index is 11.8. The second-order valence-corrected chi connectivity index (χ2v) is 6.60. The first-order valence-electron chi connectivity index (χ1n) is 6.78. The molecule has 0 aliphatic carbocycles. The van der Waals surface area contributed by atoms with E-state index in [1.165, 1.54) is 0 Å². The van der Waals surface area contributed by atoms with Gasteiger partial charge in [0.15, 0.2) is 0 Å². The molecule has 2 rings (SSSR count). The molecule has 0 fully saturated rings. The molecule has 0 saturated heterocycles. The molecule has 0 aromatic heterocycles. The summed E-state index contributed by atoms with van der Waals surface area (Å²) in [4.78, 5) is 24.5. The Morgan fingerprint density at radius 1 is 0.870 bits per heavy atom. The molecule has 0 atom stereocenters. The van der Waals surface area contributed by atoms with E-state index in [2.05, 4.69) is 10.9 Å². The number of hydrazine groups is 1. The Morgan fingerprint density at radius 2 is 1.43 bits per heavy atom. The minimum absolute atomic E-state index is 0.256. The number of carbonyl (C=O) groups is 2. The van der Waals surface area contributed by atoms with Crippen molar-refractivity contribution < 1.29 is 9.59 Å². The van der Waals surface area contributed by atoms with E-state index in [0.717, 1.165) is 4.90 Å². The van der Waals surface area contributed by atoms with E-state index >= 15 is 0 Å². The van der Waals surface area contributed by atoms with E-state index in [9.17, 15) is 9.59 Å². The Hall–Kier alpha value is -1.69. The Bertz CT molecular complexity index is 675. The number of rotatable bonds is 5. The molecule has 4 nitrogen and oxygen atoms in total. The topological polar surface area (TPSA) is 58.2 Å². The van der Waals surface area contributed by atoms with Crippen LogP contribution in [0.1, 0.15) is 16.8 Å². The first kappa shape index (κ1) is 17.7. The maximum Gasteiger partial charge on any atom is 0.269 e. The van der Waals surface area contributed by atoms with Gasteiger partial charge < -0.3 is 0 Å². The van der Waals surface area contributed by atoms with Crippen LogP contribution in [-0.2, 0) is 4.79 Å². The van der Waals surface area contributed by atoms with Gasteiger partial charge in [-0.1, -0.05) is 23.2 Å². The average molecular weight is 369 g/mol. The molecule has 2 aromatic rings. The summed E-state index contributed by atoms with van der Waals surface area (Å²) in [5, 5.41) is 1.22. The van der Waals surface area contributed by atoms with Crippen molar-refractivity contribution in [2.45, 2.75) is 11.3 Å². The molecule has 0 saturated carbocycles. The molecule has 23 heavy (non-hydrogen) atoms. The van der Waals surface area contributed by atoms with E-state index in [1.807, 2.05) is 12.1 Å². The van der Waals surface area contributed by atoms with Crippen LogP contribution < -0.4 is 10.9 Å². The molecule has 0 radical (unpaired) electrons. The smallest absolute Gasteiger partial charge is 0.269 e. The summed E-state index contributed by atoms with van der Waals surface area (Å²) in [6.45, 7) is 0. The lowest BCUT2D eigenvalue weighted by Gasteiger charge is -2.07. The maximum absolute atomic E-state index is 11.8. The normalized spacial score (nSPS) is 10.2. The molecule has 0 heterocycles. The zero-order chi connectivity index (χ0) is 16.7. The summed E-state index contributed by atoms with van der Waals surface area (Å²) >= 11 is 13.1. The lowest BCUT2D eigenvalue weighted by atomic mass is 10.2. The molecule has 2 N–H and O–H groups in total. The van der Waals surface area contributed by atoms with E-state index in [-0.39, 0.29) is 18.2 Å². The highest BCUT2D eigenvalue weighted by Crippen LogP contribution is 2.20. The van der Waals surface area contributed by atoms with Gasteiger partial charge in [0.05, 0.1) is 0 Å². The summed E-state index contributed by atoms with van der Waals surface area (Å²) in [5.41, 5.74) is 5.17. The Morgan fingerprint density at radius 3 is 2.04 bits per heavy atom. The molecule has 0 aliphatic heterocycles. The van der Waals surface area contributed by atoms with E-state index in [0.29, 0.717) is 21.4 Å². The Balaban J connectivity index is 1.69. The second kappa shape index (κ2) is 8.82. The third-order valence-corrected chi connectivity index (χ3v) is 4.35. The summed E-state index contributed by atoms with van der Waals surface area (Å²) < 4.78 is 0. The average Bonchev–Trinajstić information content (AvgIpc) is 2.55. The molecule has 2 aromatic carbocycles. The molecule has 0 spiro atoms. The van der Waals surface area contributed by atoms with Gasteiger partial charge in [-0.15, -0.1) is 11.8 Å². The lowest BCUT2D eigenvalue weighted by Crippen LogP contribution is -2.41. The van der Waals surface area contributed by atoms with Crippen molar-refractivity contribution >= 4 is 46.8 Å². The van der Waals surface area contributed by atoms with Crippen LogP contribution in [0.5, 0.6) is 0 Å². The SMILES string of the molecule is O=C(CCSc1ccc(Cl)cc1)NNC(=O)c1ccc(Cl)cc1. The highest BCUT2D eigenvalue weighted by molar-refractivity contribution is 7.99. The fraction of sp³-hybridized carbons (Fsp3) is 0.125. The molecule has 120 valence electrons. The fourth-order valence-electron chi connectivity index (χ4n) is 1.65. The zero-order valence-corrected chi connectivity index (χ0v) is 14.3. The van der Waals surface area contributed by atoms with Crippen molar-refractivity contribution in [3.63, 3.8) is 0 Å². The Labute approximate surface area is 148 Å². The minimum Gasteiger partial charge on any atom is -0.273 e. The van der Waals surface area contributed by atoms with Crippen LogP contribution in [0.15, 0.2) is 53.4 Å². The van der Waals surface area contributed by atoms with Crippen molar-refractivity contribution in [2.24, 2.45) is 0 Å². The van der Waals surface area contributed by atoms with Crippen LogP contribution in [-0.4, -0.2) is 17.6 Å². The predicted octanol–water partition coefficient (Wildman–Crippen LogP) is 3.94. The monoisotopic (exact) mass is 368 g/mol. The number of carbonyl (C=O) groups excluding carboxylic acids is 2. The molecule has 0 aliphatic rings. The van der Waals surface area contributed by atoms with Gasteiger partial charge in [-0.05, 0) is 48.5 Å². The molecule has 0 bridgehead atoms. The van der Waals surface area contributed by atoms with Crippen LogP contribution in [0, 0.1) is 0 Å². The standard InChI is InChI=1S/C16H14Cl2N2O2S/c17-12-3-1-11(2-4-12)16(22)20-19-15(21)9-10-23-14-7-5-13(18)6-8-14/h1-8H,9-10H2,(H,19,21)(H,20,22). The molecule has 2 amide bonds. The molecular formula is C16H14Cl2N2O2S. The van der Waals surface area contributed by atoms with E-state index in [4.69, 9.17) is 23.2 Å². The quantitative estimate of drug-likeness (QED) is 0.620. The molecule has 7 heteroatoms. The summed E-state index contributed by atoms with van der Waals surface area (Å²) in [6, 6.07) is 13.8. The number of hydrogen-bond acceptors (Lipinski definition) is 3. The van der Waals surface area contributed by atoms with Gasteiger partial charge in [0.2, 0.25) is 5.91 Å². The van der Waals surface area contributed by atoms with Gasteiger partial charge in [-0.2, -0.15) is 0 Å².